The summed E-state index contributed by atoms with van der Waals surface area (Å²) in [5, 5.41) is 6.31. The van der Waals surface area contributed by atoms with Crippen molar-refractivity contribution in [2.75, 3.05) is 14.2 Å². The Morgan fingerprint density at radius 3 is 2.86 bits per heavy atom. The zero-order valence-corrected chi connectivity index (χ0v) is 14.1. The second-order valence-electron chi connectivity index (χ2n) is 5.12. The molecule has 0 saturated carbocycles. The van der Waals surface area contributed by atoms with Gasteiger partial charge in [-0.3, -0.25) is 0 Å². The van der Waals surface area contributed by atoms with Gasteiger partial charge in [0, 0.05) is 15.9 Å². The maximum atomic E-state index is 6.10. The SMILES string of the molecule is CNC(CCCc1cccs1)Cc1cc(Cl)ccc1OC. The lowest BCUT2D eigenvalue weighted by Crippen LogP contribution is -2.27. The molecule has 0 aliphatic rings. The van der Waals surface area contributed by atoms with Crippen molar-refractivity contribution in [3.63, 3.8) is 0 Å². The average molecular weight is 324 g/mol. The standard InChI is InChI=1S/C17H22ClNOS/c1-19-15(5-3-6-16-7-4-10-21-16)12-13-11-14(18)8-9-17(13)20-2/h4,7-11,15,19H,3,5-6,12H2,1-2H3. The summed E-state index contributed by atoms with van der Waals surface area (Å²) in [5.41, 5.74) is 1.17. The quantitative estimate of drug-likeness (QED) is 0.768. The number of halogens is 1. The molecule has 114 valence electrons. The second-order valence-corrected chi connectivity index (χ2v) is 6.59. The first-order chi connectivity index (χ1) is 10.2. The van der Waals surface area contributed by atoms with E-state index in [9.17, 15) is 0 Å². The number of likely N-dealkylation sites (N-methyl/N-ethyl adjacent to an activating group) is 1. The van der Waals surface area contributed by atoms with Crippen molar-refractivity contribution in [2.45, 2.75) is 31.7 Å². The molecule has 1 N–H and O–H groups in total. The molecule has 1 aromatic carbocycles. The van der Waals surface area contributed by atoms with Crippen LogP contribution in [-0.4, -0.2) is 20.2 Å². The molecule has 2 aromatic rings. The Kier molecular flexibility index (Phi) is 6.55. The van der Waals surface area contributed by atoms with Gasteiger partial charge in [0.15, 0.2) is 0 Å². The van der Waals surface area contributed by atoms with E-state index in [1.165, 1.54) is 16.9 Å². The number of hydrogen-bond acceptors (Lipinski definition) is 3. The Morgan fingerprint density at radius 2 is 2.19 bits per heavy atom. The van der Waals surface area contributed by atoms with Crippen LogP contribution in [0.15, 0.2) is 35.7 Å². The molecule has 21 heavy (non-hydrogen) atoms. The van der Waals surface area contributed by atoms with Gasteiger partial charge < -0.3 is 10.1 Å². The summed E-state index contributed by atoms with van der Waals surface area (Å²) in [7, 11) is 3.73. The second kappa shape index (κ2) is 8.42. The molecule has 0 aliphatic carbocycles. The van der Waals surface area contributed by atoms with E-state index in [1.54, 1.807) is 7.11 Å². The van der Waals surface area contributed by atoms with Crippen LogP contribution in [0.25, 0.3) is 0 Å². The van der Waals surface area contributed by atoms with Crippen molar-refractivity contribution < 1.29 is 4.74 Å². The maximum absolute atomic E-state index is 6.10. The number of hydrogen-bond donors (Lipinski definition) is 1. The molecule has 4 heteroatoms. The predicted molar refractivity (Wildman–Crippen MR) is 91.8 cm³/mol. The van der Waals surface area contributed by atoms with E-state index in [2.05, 4.69) is 22.8 Å². The highest BCUT2D eigenvalue weighted by Crippen LogP contribution is 2.25. The van der Waals surface area contributed by atoms with Gasteiger partial charge in [-0.1, -0.05) is 17.7 Å². The van der Waals surface area contributed by atoms with E-state index in [0.29, 0.717) is 6.04 Å². The van der Waals surface area contributed by atoms with E-state index in [0.717, 1.165) is 30.0 Å². The maximum Gasteiger partial charge on any atom is 0.122 e. The molecule has 0 bridgehead atoms. The third-order valence-electron chi connectivity index (χ3n) is 3.67. The van der Waals surface area contributed by atoms with Gasteiger partial charge in [0.05, 0.1) is 7.11 Å². The molecule has 1 unspecified atom stereocenters. The fourth-order valence-electron chi connectivity index (χ4n) is 2.50. The highest BCUT2D eigenvalue weighted by molar-refractivity contribution is 7.09. The van der Waals surface area contributed by atoms with E-state index in [-0.39, 0.29) is 0 Å². The number of thiophene rings is 1. The molecule has 1 aromatic heterocycles. The van der Waals surface area contributed by atoms with Gasteiger partial charge in [0.25, 0.3) is 0 Å². The Balaban J connectivity index is 1.90. The first-order valence-corrected chi connectivity index (χ1v) is 8.50. The molecule has 1 heterocycles. The van der Waals surface area contributed by atoms with Crippen LogP contribution in [0.4, 0.5) is 0 Å². The average Bonchev–Trinajstić information content (AvgIpc) is 2.99. The van der Waals surface area contributed by atoms with Crippen molar-refractivity contribution in [2.24, 2.45) is 0 Å². The normalized spacial score (nSPS) is 12.3. The summed E-state index contributed by atoms with van der Waals surface area (Å²) in [6.07, 6.45) is 4.42. The van der Waals surface area contributed by atoms with E-state index in [1.807, 2.05) is 36.6 Å². The lowest BCUT2D eigenvalue weighted by molar-refractivity contribution is 0.404. The van der Waals surface area contributed by atoms with Crippen molar-refractivity contribution in [1.29, 1.82) is 0 Å². The van der Waals surface area contributed by atoms with Gasteiger partial charge in [-0.05, 0) is 67.9 Å². The third kappa shape index (κ3) is 5.03. The Labute approximate surface area is 136 Å². The fraction of sp³-hybridized carbons (Fsp3) is 0.412. The summed E-state index contributed by atoms with van der Waals surface area (Å²) in [6.45, 7) is 0. The minimum atomic E-state index is 0.442. The zero-order valence-electron chi connectivity index (χ0n) is 12.6. The highest BCUT2D eigenvalue weighted by Gasteiger charge is 2.11. The molecule has 1 atom stereocenters. The van der Waals surface area contributed by atoms with Crippen LogP contribution in [0.2, 0.25) is 5.02 Å². The molecule has 2 nitrogen and oxygen atoms in total. The van der Waals surface area contributed by atoms with Crippen LogP contribution in [0.1, 0.15) is 23.3 Å². The first-order valence-electron chi connectivity index (χ1n) is 7.25. The van der Waals surface area contributed by atoms with Gasteiger partial charge in [-0.15, -0.1) is 11.3 Å². The van der Waals surface area contributed by atoms with Crippen molar-refractivity contribution in [3.05, 3.63) is 51.2 Å². The topological polar surface area (TPSA) is 21.3 Å². The minimum absolute atomic E-state index is 0.442. The highest BCUT2D eigenvalue weighted by atomic mass is 35.5. The van der Waals surface area contributed by atoms with Crippen LogP contribution in [0.3, 0.4) is 0 Å². The fourth-order valence-corrected chi connectivity index (χ4v) is 3.44. The lowest BCUT2D eigenvalue weighted by atomic mass is 10.00. The van der Waals surface area contributed by atoms with Crippen LogP contribution < -0.4 is 10.1 Å². The summed E-state index contributed by atoms with van der Waals surface area (Å²) in [4.78, 5) is 1.46. The predicted octanol–water partition coefficient (Wildman–Crippen LogP) is 4.56. The summed E-state index contributed by atoms with van der Waals surface area (Å²) in [6, 6.07) is 10.6. The van der Waals surface area contributed by atoms with E-state index in [4.69, 9.17) is 16.3 Å². The van der Waals surface area contributed by atoms with Crippen molar-refractivity contribution in [3.8, 4) is 5.75 Å². The zero-order chi connectivity index (χ0) is 15.1. The van der Waals surface area contributed by atoms with Crippen molar-refractivity contribution >= 4 is 22.9 Å². The Hall–Kier alpha value is -1.03. The molecule has 0 aliphatic heterocycles. The van der Waals surface area contributed by atoms with Gasteiger partial charge in [-0.2, -0.15) is 0 Å². The van der Waals surface area contributed by atoms with Crippen LogP contribution >= 0.6 is 22.9 Å². The van der Waals surface area contributed by atoms with Gasteiger partial charge in [0.2, 0.25) is 0 Å². The summed E-state index contributed by atoms with van der Waals surface area (Å²) in [5.74, 6) is 0.915. The Bertz CT molecular complexity index is 542. The molecular formula is C17H22ClNOS. The van der Waals surface area contributed by atoms with Gasteiger partial charge in [-0.25, -0.2) is 0 Å². The number of methoxy groups -OCH3 is 1. The monoisotopic (exact) mass is 323 g/mol. The smallest absolute Gasteiger partial charge is 0.122 e. The van der Waals surface area contributed by atoms with Crippen LogP contribution in [0, 0.1) is 0 Å². The van der Waals surface area contributed by atoms with E-state index >= 15 is 0 Å². The summed E-state index contributed by atoms with van der Waals surface area (Å²) >= 11 is 7.93. The molecular weight excluding hydrogens is 302 g/mol. The Morgan fingerprint density at radius 1 is 1.33 bits per heavy atom. The number of aryl methyl sites for hydroxylation is 1. The molecule has 0 spiro atoms. The van der Waals surface area contributed by atoms with Crippen LogP contribution in [-0.2, 0) is 12.8 Å². The largest absolute Gasteiger partial charge is 0.496 e. The number of nitrogens with one attached hydrogen (secondary N) is 1. The van der Waals surface area contributed by atoms with Gasteiger partial charge in [0.1, 0.15) is 5.75 Å². The minimum Gasteiger partial charge on any atom is -0.496 e. The molecule has 0 saturated heterocycles. The summed E-state index contributed by atoms with van der Waals surface area (Å²) < 4.78 is 5.42. The molecule has 0 radical (unpaired) electrons. The first kappa shape index (κ1) is 16.3. The molecule has 0 fully saturated rings. The number of ether oxygens (including phenoxy) is 1. The van der Waals surface area contributed by atoms with Crippen molar-refractivity contribution in [1.82, 2.24) is 5.32 Å². The lowest BCUT2D eigenvalue weighted by Gasteiger charge is -2.18. The van der Waals surface area contributed by atoms with Crippen LogP contribution in [0.5, 0.6) is 5.75 Å². The molecule has 0 amide bonds. The number of rotatable bonds is 8. The number of benzene rings is 1. The van der Waals surface area contributed by atoms with Gasteiger partial charge >= 0.3 is 0 Å². The third-order valence-corrected chi connectivity index (χ3v) is 4.84. The van der Waals surface area contributed by atoms with E-state index < -0.39 is 0 Å². The molecule has 2 rings (SSSR count).